The van der Waals surface area contributed by atoms with E-state index in [1.165, 1.54) is 18.4 Å². The standard InChI is InChI=1S/C17H27NO2/c1-4-14(5-2)12-18-13(3)15-7-8-16-17(11-15)20-10-6-9-19-16/h7-8,11,13-14,18H,4-6,9-10,12H2,1-3H3. The number of rotatable bonds is 6. The van der Waals surface area contributed by atoms with Gasteiger partial charge in [-0.15, -0.1) is 0 Å². The van der Waals surface area contributed by atoms with E-state index in [2.05, 4.69) is 38.2 Å². The molecule has 1 unspecified atom stereocenters. The Balaban J connectivity index is 1.99. The van der Waals surface area contributed by atoms with E-state index in [1.807, 2.05) is 6.07 Å². The Morgan fingerprint density at radius 2 is 1.80 bits per heavy atom. The molecule has 0 saturated heterocycles. The molecule has 3 heteroatoms. The topological polar surface area (TPSA) is 30.5 Å². The molecule has 1 aliphatic heterocycles. The third kappa shape index (κ3) is 3.89. The summed E-state index contributed by atoms with van der Waals surface area (Å²) in [6, 6.07) is 6.63. The summed E-state index contributed by atoms with van der Waals surface area (Å²) in [7, 11) is 0. The summed E-state index contributed by atoms with van der Waals surface area (Å²) in [5.74, 6) is 2.52. The van der Waals surface area contributed by atoms with Crippen LogP contribution in [0, 0.1) is 5.92 Å². The molecular formula is C17H27NO2. The Hall–Kier alpha value is -1.22. The van der Waals surface area contributed by atoms with Crippen molar-refractivity contribution in [3.63, 3.8) is 0 Å². The maximum absolute atomic E-state index is 5.75. The maximum Gasteiger partial charge on any atom is 0.161 e. The van der Waals surface area contributed by atoms with Crippen molar-refractivity contribution < 1.29 is 9.47 Å². The van der Waals surface area contributed by atoms with Crippen molar-refractivity contribution in [2.45, 2.75) is 46.1 Å². The van der Waals surface area contributed by atoms with E-state index in [0.29, 0.717) is 6.04 Å². The van der Waals surface area contributed by atoms with E-state index < -0.39 is 0 Å². The maximum atomic E-state index is 5.75. The molecule has 1 N–H and O–H groups in total. The summed E-state index contributed by atoms with van der Waals surface area (Å²) in [6.45, 7) is 9.29. The zero-order valence-electron chi connectivity index (χ0n) is 12.9. The van der Waals surface area contributed by atoms with Gasteiger partial charge in [-0.3, -0.25) is 0 Å². The van der Waals surface area contributed by atoms with Crippen LogP contribution in [0.2, 0.25) is 0 Å². The highest BCUT2D eigenvalue weighted by molar-refractivity contribution is 5.44. The average Bonchev–Trinajstić information content (AvgIpc) is 2.72. The number of hydrogen-bond donors (Lipinski definition) is 1. The molecule has 0 radical (unpaired) electrons. The van der Waals surface area contributed by atoms with E-state index in [0.717, 1.165) is 43.6 Å². The molecule has 3 nitrogen and oxygen atoms in total. The van der Waals surface area contributed by atoms with Crippen LogP contribution in [0.25, 0.3) is 0 Å². The molecule has 1 heterocycles. The lowest BCUT2D eigenvalue weighted by Gasteiger charge is -2.20. The lowest BCUT2D eigenvalue weighted by atomic mass is 10.0. The Kier molecular flexibility index (Phi) is 5.72. The molecule has 20 heavy (non-hydrogen) atoms. The summed E-state index contributed by atoms with van der Waals surface area (Å²) in [4.78, 5) is 0. The highest BCUT2D eigenvalue weighted by atomic mass is 16.5. The molecule has 0 spiro atoms. The van der Waals surface area contributed by atoms with Crippen LogP contribution in [-0.2, 0) is 0 Å². The Labute approximate surface area is 122 Å². The molecular weight excluding hydrogens is 250 g/mol. The molecule has 0 aromatic heterocycles. The number of fused-ring (bicyclic) bond motifs is 1. The highest BCUT2D eigenvalue weighted by Crippen LogP contribution is 2.32. The van der Waals surface area contributed by atoms with Crippen LogP contribution in [0.5, 0.6) is 11.5 Å². The Bertz CT molecular complexity index is 415. The van der Waals surface area contributed by atoms with Gasteiger partial charge in [0.25, 0.3) is 0 Å². The third-order valence-corrected chi connectivity index (χ3v) is 4.14. The summed E-state index contributed by atoms with van der Waals surface area (Å²) in [5, 5.41) is 3.63. The van der Waals surface area contributed by atoms with Crippen molar-refractivity contribution in [1.29, 1.82) is 0 Å². The van der Waals surface area contributed by atoms with Crippen LogP contribution in [-0.4, -0.2) is 19.8 Å². The van der Waals surface area contributed by atoms with Crippen LogP contribution >= 0.6 is 0 Å². The van der Waals surface area contributed by atoms with Gasteiger partial charge in [0.05, 0.1) is 13.2 Å². The second-order valence-corrected chi connectivity index (χ2v) is 5.57. The Morgan fingerprint density at radius 3 is 2.50 bits per heavy atom. The molecule has 0 amide bonds. The quantitative estimate of drug-likeness (QED) is 0.854. The normalized spacial score (nSPS) is 16.0. The van der Waals surface area contributed by atoms with Crippen molar-refractivity contribution in [3.05, 3.63) is 23.8 Å². The fraction of sp³-hybridized carbons (Fsp3) is 0.647. The monoisotopic (exact) mass is 277 g/mol. The van der Waals surface area contributed by atoms with E-state index in [4.69, 9.17) is 9.47 Å². The SMILES string of the molecule is CCC(CC)CNC(C)c1ccc2c(c1)OCCCO2. The lowest BCUT2D eigenvalue weighted by molar-refractivity contribution is 0.297. The average molecular weight is 277 g/mol. The molecule has 0 aliphatic carbocycles. The van der Waals surface area contributed by atoms with Crippen molar-refractivity contribution in [3.8, 4) is 11.5 Å². The fourth-order valence-electron chi connectivity index (χ4n) is 2.49. The van der Waals surface area contributed by atoms with Gasteiger partial charge in [-0.1, -0.05) is 32.8 Å². The molecule has 112 valence electrons. The summed E-state index contributed by atoms with van der Waals surface area (Å²) in [6.07, 6.45) is 3.42. The number of hydrogen-bond acceptors (Lipinski definition) is 3. The van der Waals surface area contributed by atoms with Crippen LogP contribution in [0.3, 0.4) is 0 Å². The van der Waals surface area contributed by atoms with Crippen molar-refractivity contribution in [2.24, 2.45) is 5.92 Å². The molecule has 1 atom stereocenters. The molecule has 2 rings (SSSR count). The van der Waals surface area contributed by atoms with E-state index in [-0.39, 0.29) is 0 Å². The zero-order valence-corrected chi connectivity index (χ0v) is 12.9. The summed E-state index contributed by atoms with van der Waals surface area (Å²) < 4.78 is 11.4. The molecule has 1 aromatic carbocycles. The second kappa shape index (κ2) is 7.53. The third-order valence-electron chi connectivity index (χ3n) is 4.14. The zero-order chi connectivity index (χ0) is 14.4. The first-order valence-corrected chi connectivity index (χ1v) is 7.87. The summed E-state index contributed by atoms with van der Waals surface area (Å²) >= 11 is 0. The highest BCUT2D eigenvalue weighted by Gasteiger charge is 2.14. The van der Waals surface area contributed by atoms with Crippen LogP contribution in [0.4, 0.5) is 0 Å². The van der Waals surface area contributed by atoms with Crippen LogP contribution < -0.4 is 14.8 Å². The van der Waals surface area contributed by atoms with Crippen LogP contribution in [0.1, 0.15) is 51.6 Å². The van der Waals surface area contributed by atoms with Gasteiger partial charge >= 0.3 is 0 Å². The second-order valence-electron chi connectivity index (χ2n) is 5.57. The van der Waals surface area contributed by atoms with Gasteiger partial charge in [0, 0.05) is 12.5 Å². The van der Waals surface area contributed by atoms with E-state index in [1.54, 1.807) is 0 Å². The first-order valence-electron chi connectivity index (χ1n) is 7.87. The Morgan fingerprint density at radius 1 is 1.10 bits per heavy atom. The van der Waals surface area contributed by atoms with Gasteiger partial charge in [0.1, 0.15) is 0 Å². The van der Waals surface area contributed by atoms with Gasteiger partial charge in [0.2, 0.25) is 0 Å². The van der Waals surface area contributed by atoms with Crippen molar-refractivity contribution >= 4 is 0 Å². The predicted molar refractivity (Wildman–Crippen MR) is 82.5 cm³/mol. The largest absolute Gasteiger partial charge is 0.490 e. The van der Waals surface area contributed by atoms with Crippen molar-refractivity contribution in [1.82, 2.24) is 5.32 Å². The van der Waals surface area contributed by atoms with Crippen LogP contribution in [0.15, 0.2) is 18.2 Å². The number of benzene rings is 1. The number of nitrogens with one attached hydrogen (secondary N) is 1. The lowest BCUT2D eigenvalue weighted by Crippen LogP contribution is -2.25. The van der Waals surface area contributed by atoms with E-state index >= 15 is 0 Å². The van der Waals surface area contributed by atoms with E-state index in [9.17, 15) is 0 Å². The minimum Gasteiger partial charge on any atom is -0.490 e. The minimum atomic E-state index is 0.341. The molecule has 0 bridgehead atoms. The first-order chi connectivity index (χ1) is 9.74. The number of ether oxygens (including phenoxy) is 2. The molecule has 0 fully saturated rings. The predicted octanol–water partition coefficient (Wildman–Crippen LogP) is 3.93. The molecule has 0 saturated carbocycles. The molecule has 1 aromatic rings. The smallest absolute Gasteiger partial charge is 0.161 e. The van der Waals surface area contributed by atoms with Gasteiger partial charge < -0.3 is 14.8 Å². The fourth-order valence-corrected chi connectivity index (χ4v) is 2.49. The summed E-state index contributed by atoms with van der Waals surface area (Å²) in [5.41, 5.74) is 1.26. The van der Waals surface area contributed by atoms with Gasteiger partial charge in [0.15, 0.2) is 11.5 Å². The van der Waals surface area contributed by atoms with Gasteiger partial charge in [-0.2, -0.15) is 0 Å². The van der Waals surface area contributed by atoms with Gasteiger partial charge in [-0.05, 0) is 37.1 Å². The molecule has 1 aliphatic rings. The van der Waals surface area contributed by atoms with Gasteiger partial charge in [-0.25, -0.2) is 0 Å². The first kappa shape index (κ1) is 15.2. The van der Waals surface area contributed by atoms with Crippen molar-refractivity contribution in [2.75, 3.05) is 19.8 Å². The minimum absolute atomic E-state index is 0.341.